The Labute approximate surface area is 106 Å². The van der Waals surface area contributed by atoms with Crippen LogP contribution in [0.3, 0.4) is 0 Å². The highest BCUT2D eigenvalue weighted by molar-refractivity contribution is 6.64. The highest BCUT2D eigenvalue weighted by Gasteiger charge is 2.24. The van der Waals surface area contributed by atoms with Crippen molar-refractivity contribution in [2.45, 2.75) is 13.0 Å². The first kappa shape index (κ1) is 12.3. The Bertz CT molecular complexity index is 377. The monoisotopic (exact) mass is 253 g/mol. The van der Waals surface area contributed by atoms with Crippen LogP contribution in [0.4, 0.5) is 5.82 Å². The number of rotatable bonds is 3. The molecule has 1 fully saturated rings. The Hall–Kier alpha value is -1.13. The largest absolute Gasteiger partial charge is 0.354 e. The summed E-state index contributed by atoms with van der Waals surface area (Å²) in [5, 5.41) is -0.281. The molecule has 2 heterocycles. The molecule has 17 heavy (non-hydrogen) atoms. The second-order valence-corrected chi connectivity index (χ2v) is 4.56. The van der Waals surface area contributed by atoms with Gasteiger partial charge in [0.25, 0.3) is 0 Å². The summed E-state index contributed by atoms with van der Waals surface area (Å²) in [6.45, 7) is 5.30. The summed E-state index contributed by atoms with van der Waals surface area (Å²) in [5.74, 6) is 0.997. The summed E-state index contributed by atoms with van der Waals surface area (Å²) in [4.78, 5) is 19.7. The average molecular weight is 254 g/mol. The maximum atomic E-state index is 11.1. The summed E-state index contributed by atoms with van der Waals surface area (Å²) in [6.07, 6.45) is 1.80. The van der Waals surface area contributed by atoms with Crippen LogP contribution in [0.2, 0.25) is 0 Å². The SMILES string of the molecule is CC(C(=O)Cl)N1CCN(c2ccccn2)CC1. The topological polar surface area (TPSA) is 36.4 Å². The van der Waals surface area contributed by atoms with E-state index in [0.717, 1.165) is 32.0 Å². The Kier molecular flexibility index (Phi) is 3.97. The number of nitrogens with zero attached hydrogens (tertiary/aromatic N) is 3. The van der Waals surface area contributed by atoms with Crippen molar-refractivity contribution < 1.29 is 4.79 Å². The molecule has 4 nitrogen and oxygen atoms in total. The van der Waals surface area contributed by atoms with Gasteiger partial charge in [-0.1, -0.05) is 6.07 Å². The number of piperazine rings is 1. The lowest BCUT2D eigenvalue weighted by atomic mass is 10.2. The third-order valence-electron chi connectivity index (χ3n) is 3.16. The van der Waals surface area contributed by atoms with Crippen LogP contribution in [0.1, 0.15) is 6.92 Å². The third-order valence-corrected chi connectivity index (χ3v) is 3.48. The molecule has 1 saturated heterocycles. The maximum absolute atomic E-state index is 11.1. The van der Waals surface area contributed by atoms with Gasteiger partial charge in [-0.15, -0.1) is 0 Å². The van der Waals surface area contributed by atoms with E-state index in [1.807, 2.05) is 25.1 Å². The Balaban J connectivity index is 1.93. The standard InChI is InChI=1S/C12H16ClN3O/c1-10(12(13)17)15-6-8-16(9-7-15)11-4-2-3-5-14-11/h2-5,10H,6-9H2,1H3. The molecule has 0 N–H and O–H groups in total. The highest BCUT2D eigenvalue weighted by atomic mass is 35.5. The lowest BCUT2D eigenvalue weighted by molar-refractivity contribution is -0.116. The van der Waals surface area contributed by atoms with E-state index < -0.39 is 0 Å². The van der Waals surface area contributed by atoms with E-state index in [-0.39, 0.29) is 11.3 Å². The van der Waals surface area contributed by atoms with Crippen molar-refractivity contribution in [3.63, 3.8) is 0 Å². The van der Waals surface area contributed by atoms with Crippen molar-refractivity contribution in [3.05, 3.63) is 24.4 Å². The summed E-state index contributed by atoms with van der Waals surface area (Å²) in [7, 11) is 0. The number of aromatic nitrogens is 1. The van der Waals surface area contributed by atoms with Gasteiger partial charge < -0.3 is 4.90 Å². The predicted molar refractivity (Wildman–Crippen MR) is 68.3 cm³/mol. The quantitative estimate of drug-likeness (QED) is 0.763. The first-order valence-corrected chi connectivity index (χ1v) is 6.15. The van der Waals surface area contributed by atoms with Gasteiger partial charge in [0.15, 0.2) is 0 Å². The number of hydrogen-bond donors (Lipinski definition) is 0. The predicted octanol–water partition coefficient (Wildman–Crippen LogP) is 1.36. The summed E-state index contributed by atoms with van der Waals surface area (Å²) >= 11 is 5.51. The van der Waals surface area contributed by atoms with Gasteiger partial charge in [-0.25, -0.2) is 4.98 Å². The summed E-state index contributed by atoms with van der Waals surface area (Å²) in [6, 6.07) is 5.71. The van der Waals surface area contributed by atoms with Gasteiger partial charge in [0.2, 0.25) is 5.24 Å². The first-order chi connectivity index (χ1) is 8.18. The smallest absolute Gasteiger partial charge is 0.238 e. The zero-order valence-corrected chi connectivity index (χ0v) is 10.6. The van der Waals surface area contributed by atoms with Crippen molar-refractivity contribution in [1.82, 2.24) is 9.88 Å². The molecule has 0 aliphatic carbocycles. The van der Waals surface area contributed by atoms with Crippen LogP contribution in [0.15, 0.2) is 24.4 Å². The van der Waals surface area contributed by atoms with Crippen LogP contribution < -0.4 is 4.90 Å². The Morgan fingerprint density at radius 2 is 2.06 bits per heavy atom. The van der Waals surface area contributed by atoms with Crippen LogP contribution in [-0.4, -0.2) is 47.3 Å². The van der Waals surface area contributed by atoms with Gasteiger partial charge in [0, 0.05) is 32.4 Å². The Morgan fingerprint density at radius 3 is 2.59 bits per heavy atom. The highest BCUT2D eigenvalue weighted by Crippen LogP contribution is 2.14. The van der Waals surface area contributed by atoms with E-state index in [2.05, 4.69) is 14.8 Å². The molecule has 5 heteroatoms. The van der Waals surface area contributed by atoms with E-state index in [4.69, 9.17) is 11.6 Å². The molecule has 0 aromatic carbocycles. The fourth-order valence-electron chi connectivity index (χ4n) is 2.02. The number of carbonyl (C=O) groups is 1. The van der Waals surface area contributed by atoms with Gasteiger partial charge in [-0.3, -0.25) is 9.69 Å². The molecule has 0 radical (unpaired) electrons. The molecular weight excluding hydrogens is 238 g/mol. The van der Waals surface area contributed by atoms with Crippen molar-refractivity contribution in [2.75, 3.05) is 31.1 Å². The normalized spacial score (nSPS) is 19.1. The van der Waals surface area contributed by atoms with Gasteiger partial charge in [-0.05, 0) is 30.7 Å². The third kappa shape index (κ3) is 2.96. The van der Waals surface area contributed by atoms with Gasteiger partial charge in [0.1, 0.15) is 5.82 Å². The van der Waals surface area contributed by atoms with Crippen molar-refractivity contribution in [1.29, 1.82) is 0 Å². The number of halogens is 1. The number of carbonyl (C=O) groups excluding carboxylic acids is 1. The Morgan fingerprint density at radius 1 is 1.35 bits per heavy atom. The van der Waals surface area contributed by atoms with Crippen molar-refractivity contribution >= 4 is 22.7 Å². The lowest BCUT2D eigenvalue weighted by Crippen LogP contribution is -2.51. The minimum atomic E-state index is -0.281. The van der Waals surface area contributed by atoms with E-state index >= 15 is 0 Å². The van der Waals surface area contributed by atoms with Crippen LogP contribution in [0.25, 0.3) is 0 Å². The first-order valence-electron chi connectivity index (χ1n) is 5.78. The number of hydrogen-bond acceptors (Lipinski definition) is 4. The molecule has 1 aromatic heterocycles. The van der Waals surface area contributed by atoms with Crippen molar-refractivity contribution in [3.8, 4) is 0 Å². The molecular formula is C12H16ClN3O. The van der Waals surface area contributed by atoms with E-state index in [9.17, 15) is 4.79 Å². The molecule has 1 atom stereocenters. The molecule has 1 aromatic rings. The maximum Gasteiger partial charge on any atom is 0.238 e. The van der Waals surface area contributed by atoms with E-state index in [0.29, 0.717) is 0 Å². The zero-order valence-electron chi connectivity index (χ0n) is 9.84. The summed E-state index contributed by atoms with van der Waals surface area (Å²) in [5.41, 5.74) is 0. The molecule has 0 bridgehead atoms. The second-order valence-electron chi connectivity index (χ2n) is 4.19. The second kappa shape index (κ2) is 5.47. The van der Waals surface area contributed by atoms with Gasteiger partial charge >= 0.3 is 0 Å². The minimum Gasteiger partial charge on any atom is -0.354 e. The molecule has 2 rings (SSSR count). The van der Waals surface area contributed by atoms with Crippen LogP contribution >= 0.6 is 11.6 Å². The molecule has 0 amide bonds. The molecule has 0 saturated carbocycles. The number of anilines is 1. The molecule has 1 unspecified atom stereocenters. The van der Waals surface area contributed by atoms with Gasteiger partial charge in [0.05, 0.1) is 6.04 Å². The zero-order chi connectivity index (χ0) is 12.3. The van der Waals surface area contributed by atoms with E-state index in [1.165, 1.54) is 0 Å². The minimum absolute atomic E-state index is 0.192. The molecule has 0 spiro atoms. The molecule has 1 aliphatic heterocycles. The van der Waals surface area contributed by atoms with Crippen LogP contribution in [-0.2, 0) is 4.79 Å². The summed E-state index contributed by atoms with van der Waals surface area (Å²) < 4.78 is 0. The molecule has 1 aliphatic rings. The fourth-order valence-corrected chi connectivity index (χ4v) is 2.16. The average Bonchev–Trinajstić information content (AvgIpc) is 2.39. The number of pyridine rings is 1. The van der Waals surface area contributed by atoms with E-state index in [1.54, 1.807) is 6.20 Å². The van der Waals surface area contributed by atoms with Crippen LogP contribution in [0, 0.1) is 0 Å². The van der Waals surface area contributed by atoms with Crippen molar-refractivity contribution in [2.24, 2.45) is 0 Å². The van der Waals surface area contributed by atoms with Crippen LogP contribution in [0.5, 0.6) is 0 Å². The van der Waals surface area contributed by atoms with Gasteiger partial charge in [-0.2, -0.15) is 0 Å². The lowest BCUT2D eigenvalue weighted by Gasteiger charge is -2.37. The fraction of sp³-hybridized carbons (Fsp3) is 0.500. The molecule has 92 valence electrons.